The summed E-state index contributed by atoms with van der Waals surface area (Å²) in [6.45, 7) is 12.1. The first kappa shape index (κ1) is 20.6. The van der Waals surface area contributed by atoms with Crippen molar-refractivity contribution < 1.29 is 4.79 Å². The molecule has 0 saturated carbocycles. The van der Waals surface area contributed by atoms with Crippen molar-refractivity contribution in [3.8, 4) is 0 Å². The standard InChI is InChI=1S/C22H31ClN2O/c1-16(2)12-22(26)25(18(5)17(3)4)15-21-10-7-11-24(21)14-19-8-6-9-20(23)13-19/h6-11,13,16-18H,12,14-15H2,1-5H3. The largest absolute Gasteiger partial charge is 0.345 e. The number of benzene rings is 1. The Morgan fingerprint density at radius 1 is 1.12 bits per heavy atom. The van der Waals surface area contributed by atoms with Crippen LogP contribution in [0.4, 0.5) is 0 Å². The summed E-state index contributed by atoms with van der Waals surface area (Å²) < 4.78 is 2.20. The number of halogens is 1. The highest BCUT2D eigenvalue weighted by Gasteiger charge is 2.24. The van der Waals surface area contributed by atoms with Crippen LogP contribution in [0.25, 0.3) is 0 Å². The fourth-order valence-corrected chi connectivity index (χ4v) is 3.25. The van der Waals surface area contributed by atoms with E-state index in [0.29, 0.717) is 24.8 Å². The molecule has 0 aliphatic carbocycles. The molecule has 2 rings (SSSR count). The van der Waals surface area contributed by atoms with E-state index in [1.807, 2.05) is 29.2 Å². The minimum Gasteiger partial charge on any atom is -0.345 e. The van der Waals surface area contributed by atoms with Gasteiger partial charge in [0, 0.05) is 35.9 Å². The van der Waals surface area contributed by atoms with E-state index in [1.165, 1.54) is 0 Å². The maximum Gasteiger partial charge on any atom is 0.223 e. The van der Waals surface area contributed by atoms with Crippen molar-refractivity contribution in [3.05, 3.63) is 58.9 Å². The van der Waals surface area contributed by atoms with E-state index in [4.69, 9.17) is 11.6 Å². The summed E-state index contributed by atoms with van der Waals surface area (Å²) in [6, 6.07) is 12.3. The molecule has 0 aliphatic rings. The average Bonchev–Trinajstić information content (AvgIpc) is 2.98. The van der Waals surface area contributed by atoms with Crippen molar-refractivity contribution in [2.75, 3.05) is 0 Å². The Morgan fingerprint density at radius 3 is 2.46 bits per heavy atom. The third kappa shape index (κ3) is 5.63. The van der Waals surface area contributed by atoms with Gasteiger partial charge in [-0.3, -0.25) is 4.79 Å². The maximum atomic E-state index is 12.8. The Labute approximate surface area is 163 Å². The first-order chi connectivity index (χ1) is 12.3. The lowest BCUT2D eigenvalue weighted by molar-refractivity contribution is -0.135. The molecule has 0 bridgehead atoms. The van der Waals surface area contributed by atoms with E-state index in [1.54, 1.807) is 0 Å². The highest BCUT2D eigenvalue weighted by molar-refractivity contribution is 6.30. The Kier molecular flexibility index (Phi) is 7.33. The highest BCUT2D eigenvalue weighted by Crippen LogP contribution is 2.19. The van der Waals surface area contributed by atoms with Gasteiger partial charge in [0.25, 0.3) is 0 Å². The van der Waals surface area contributed by atoms with Crippen LogP contribution in [0.15, 0.2) is 42.6 Å². The molecule has 1 aromatic carbocycles. The SMILES string of the molecule is CC(C)CC(=O)N(Cc1cccn1Cc1cccc(Cl)c1)C(C)C(C)C. The van der Waals surface area contributed by atoms with E-state index in [9.17, 15) is 4.79 Å². The molecule has 2 aromatic rings. The molecule has 1 aromatic heterocycles. The fraction of sp³-hybridized carbons (Fsp3) is 0.500. The zero-order valence-electron chi connectivity index (χ0n) is 16.6. The van der Waals surface area contributed by atoms with Crippen molar-refractivity contribution in [2.45, 2.75) is 60.2 Å². The molecule has 0 fully saturated rings. The summed E-state index contributed by atoms with van der Waals surface area (Å²) in [4.78, 5) is 14.9. The van der Waals surface area contributed by atoms with Gasteiger partial charge in [-0.1, -0.05) is 51.4 Å². The number of hydrogen-bond donors (Lipinski definition) is 0. The van der Waals surface area contributed by atoms with Gasteiger partial charge in [0.2, 0.25) is 5.91 Å². The summed E-state index contributed by atoms with van der Waals surface area (Å²) in [5.74, 6) is 1.02. The Hall–Kier alpha value is -1.74. The van der Waals surface area contributed by atoms with Gasteiger partial charge in [0.05, 0.1) is 6.54 Å². The smallest absolute Gasteiger partial charge is 0.223 e. The minimum atomic E-state index is 0.204. The van der Waals surface area contributed by atoms with Gasteiger partial charge in [0.15, 0.2) is 0 Å². The number of amides is 1. The maximum absolute atomic E-state index is 12.8. The fourth-order valence-electron chi connectivity index (χ4n) is 3.04. The summed E-state index contributed by atoms with van der Waals surface area (Å²) in [5, 5.41) is 0.748. The molecule has 142 valence electrons. The molecule has 1 unspecified atom stereocenters. The monoisotopic (exact) mass is 374 g/mol. The third-order valence-electron chi connectivity index (χ3n) is 4.86. The molecule has 0 aliphatic heterocycles. The second-order valence-electron chi connectivity index (χ2n) is 7.86. The molecule has 0 N–H and O–H groups in total. The second-order valence-corrected chi connectivity index (χ2v) is 8.30. The van der Waals surface area contributed by atoms with Crippen molar-refractivity contribution in [1.82, 2.24) is 9.47 Å². The molecule has 4 heteroatoms. The van der Waals surface area contributed by atoms with Crippen molar-refractivity contribution >= 4 is 17.5 Å². The van der Waals surface area contributed by atoms with Crippen molar-refractivity contribution in [3.63, 3.8) is 0 Å². The van der Waals surface area contributed by atoms with Gasteiger partial charge in [-0.05, 0) is 48.6 Å². The molecule has 1 amide bonds. The number of rotatable bonds is 8. The molecular weight excluding hydrogens is 344 g/mol. The predicted octanol–water partition coefficient (Wildman–Crippen LogP) is 5.61. The zero-order chi connectivity index (χ0) is 19.3. The number of aromatic nitrogens is 1. The van der Waals surface area contributed by atoms with Crippen LogP contribution in [0.5, 0.6) is 0 Å². The van der Waals surface area contributed by atoms with Gasteiger partial charge in [-0.15, -0.1) is 0 Å². The Balaban J connectivity index is 2.20. The molecule has 26 heavy (non-hydrogen) atoms. The Morgan fingerprint density at radius 2 is 1.85 bits per heavy atom. The van der Waals surface area contributed by atoms with Crippen LogP contribution < -0.4 is 0 Å². The van der Waals surface area contributed by atoms with Crippen LogP contribution in [0.2, 0.25) is 5.02 Å². The van der Waals surface area contributed by atoms with Crippen LogP contribution in [-0.2, 0) is 17.9 Å². The lowest BCUT2D eigenvalue weighted by Gasteiger charge is -2.33. The van der Waals surface area contributed by atoms with E-state index in [-0.39, 0.29) is 11.9 Å². The van der Waals surface area contributed by atoms with Gasteiger partial charge in [-0.25, -0.2) is 0 Å². The third-order valence-corrected chi connectivity index (χ3v) is 5.09. The van der Waals surface area contributed by atoms with Crippen LogP contribution >= 0.6 is 11.6 Å². The highest BCUT2D eigenvalue weighted by atomic mass is 35.5. The average molecular weight is 375 g/mol. The number of hydrogen-bond acceptors (Lipinski definition) is 1. The van der Waals surface area contributed by atoms with Crippen LogP contribution in [0.1, 0.15) is 52.3 Å². The molecule has 3 nitrogen and oxygen atoms in total. The van der Waals surface area contributed by atoms with Gasteiger partial charge >= 0.3 is 0 Å². The van der Waals surface area contributed by atoms with Gasteiger partial charge in [0.1, 0.15) is 0 Å². The zero-order valence-corrected chi connectivity index (χ0v) is 17.3. The molecule has 0 radical (unpaired) electrons. The second kappa shape index (κ2) is 9.27. The van der Waals surface area contributed by atoms with E-state index >= 15 is 0 Å². The number of nitrogens with zero attached hydrogens (tertiary/aromatic N) is 2. The quantitative estimate of drug-likeness (QED) is 0.589. The molecule has 0 spiro atoms. The molecule has 1 heterocycles. The first-order valence-corrected chi connectivity index (χ1v) is 9.83. The predicted molar refractivity (Wildman–Crippen MR) is 109 cm³/mol. The lowest BCUT2D eigenvalue weighted by Crippen LogP contribution is -2.41. The van der Waals surface area contributed by atoms with Crippen LogP contribution in [0, 0.1) is 11.8 Å². The van der Waals surface area contributed by atoms with Crippen LogP contribution in [-0.4, -0.2) is 21.4 Å². The van der Waals surface area contributed by atoms with E-state index in [0.717, 1.165) is 22.8 Å². The Bertz CT molecular complexity index is 720. The van der Waals surface area contributed by atoms with Crippen molar-refractivity contribution in [2.24, 2.45) is 11.8 Å². The molecule has 0 saturated heterocycles. The molecule has 1 atom stereocenters. The number of carbonyl (C=O) groups excluding carboxylic acids is 1. The lowest BCUT2D eigenvalue weighted by atomic mass is 10.0. The topological polar surface area (TPSA) is 25.2 Å². The van der Waals surface area contributed by atoms with Gasteiger partial charge < -0.3 is 9.47 Å². The normalized spacial score (nSPS) is 12.6. The summed E-state index contributed by atoms with van der Waals surface area (Å²) in [7, 11) is 0. The number of carbonyl (C=O) groups is 1. The van der Waals surface area contributed by atoms with Crippen LogP contribution in [0.3, 0.4) is 0 Å². The molecular formula is C22H31ClN2O. The summed E-state index contributed by atoms with van der Waals surface area (Å²) >= 11 is 6.11. The van der Waals surface area contributed by atoms with Crippen molar-refractivity contribution in [1.29, 1.82) is 0 Å². The van der Waals surface area contributed by atoms with E-state index < -0.39 is 0 Å². The van der Waals surface area contributed by atoms with E-state index in [2.05, 4.69) is 57.5 Å². The summed E-state index contributed by atoms with van der Waals surface area (Å²) in [6.07, 6.45) is 2.66. The first-order valence-electron chi connectivity index (χ1n) is 9.45. The minimum absolute atomic E-state index is 0.204. The van der Waals surface area contributed by atoms with Gasteiger partial charge in [-0.2, -0.15) is 0 Å². The summed E-state index contributed by atoms with van der Waals surface area (Å²) in [5.41, 5.74) is 2.31.